The molecule has 3 nitrogen and oxygen atoms in total. The molecule has 1 saturated heterocycles. The Hall–Kier alpha value is -0.210. The van der Waals surface area contributed by atoms with Gasteiger partial charge in [-0.15, -0.1) is 0 Å². The van der Waals surface area contributed by atoms with Gasteiger partial charge in [0.15, 0.2) is 6.29 Å². The van der Waals surface area contributed by atoms with E-state index in [1.807, 2.05) is 6.08 Å². The molecule has 0 aromatic heterocycles. The maximum atomic E-state index is 5.66. The minimum absolute atomic E-state index is 0.0156. The average molecular weight is 272 g/mol. The minimum atomic E-state index is 0.0156. The van der Waals surface area contributed by atoms with Gasteiger partial charge < -0.3 is 14.0 Å². The van der Waals surface area contributed by atoms with Gasteiger partial charge in [-0.3, -0.25) is 0 Å². The number of hydrogen-bond acceptors (Lipinski definition) is 3. The first-order valence-corrected chi connectivity index (χ1v) is 7.15. The summed E-state index contributed by atoms with van der Waals surface area (Å²) >= 11 is 0. The van der Waals surface area contributed by atoms with Gasteiger partial charge in [0.2, 0.25) is 0 Å². The molecule has 0 aromatic carbocycles. The Kier molecular flexibility index (Phi) is 9.41. The maximum absolute atomic E-state index is 5.66. The molecule has 0 aliphatic carbocycles. The van der Waals surface area contributed by atoms with E-state index in [0.717, 1.165) is 25.9 Å². The molecule has 2 atom stereocenters. The van der Waals surface area contributed by atoms with Crippen LogP contribution in [0.3, 0.4) is 0 Å². The predicted octanol–water partition coefficient (Wildman–Crippen LogP) is 3.62. The molecule has 0 N–H and O–H groups in total. The number of hydrogen-bond donors (Lipinski definition) is 0. The second kappa shape index (κ2) is 10.7. The third-order valence-corrected chi connectivity index (χ3v) is 3.11. The highest BCUT2D eigenvalue weighted by Gasteiger charge is 2.12. The Morgan fingerprint density at radius 2 is 2.22 bits per heavy atom. The monoisotopic (exact) mass is 272 g/mol. The summed E-state index contributed by atoms with van der Waals surface area (Å²) in [6.07, 6.45) is 11.9. The van der Waals surface area contributed by atoms with Crippen LogP contribution in [-0.4, -0.2) is 26.1 Å². The van der Waals surface area contributed by atoms with E-state index in [1.165, 1.54) is 18.4 Å². The standard InChI is InChI=1S/C14H25O3P/c1-13(7-3-2-5-11-17-18)9-12-16-14-8-4-6-10-15-14/h2,5,9,14H,3-4,6-8,10-12,18H2,1H3/b5-2+,13-9+. The SMILES string of the molecule is C/C(=C\COC1CCCCO1)CC/C=C/COP. The molecule has 1 rings (SSSR count). The second-order valence-corrected chi connectivity index (χ2v) is 4.86. The first-order valence-electron chi connectivity index (χ1n) is 6.68. The van der Waals surface area contributed by atoms with Crippen molar-refractivity contribution in [1.29, 1.82) is 0 Å². The van der Waals surface area contributed by atoms with Crippen molar-refractivity contribution in [3.63, 3.8) is 0 Å². The summed E-state index contributed by atoms with van der Waals surface area (Å²) in [5.74, 6) is 0. The fourth-order valence-corrected chi connectivity index (χ4v) is 1.91. The first kappa shape index (κ1) is 15.8. The lowest BCUT2D eigenvalue weighted by Crippen LogP contribution is -2.22. The highest BCUT2D eigenvalue weighted by Crippen LogP contribution is 2.14. The van der Waals surface area contributed by atoms with Gasteiger partial charge in [-0.25, -0.2) is 0 Å². The van der Waals surface area contributed by atoms with Crippen molar-refractivity contribution in [2.24, 2.45) is 0 Å². The van der Waals surface area contributed by atoms with E-state index in [1.54, 1.807) is 0 Å². The van der Waals surface area contributed by atoms with Crippen LogP contribution in [0, 0.1) is 0 Å². The van der Waals surface area contributed by atoms with Crippen LogP contribution in [0.5, 0.6) is 0 Å². The van der Waals surface area contributed by atoms with E-state index in [4.69, 9.17) is 14.0 Å². The van der Waals surface area contributed by atoms with E-state index in [2.05, 4.69) is 28.5 Å². The van der Waals surface area contributed by atoms with Crippen molar-refractivity contribution in [2.45, 2.75) is 45.3 Å². The van der Waals surface area contributed by atoms with Crippen molar-refractivity contribution < 1.29 is 14.0 Å². The summed E-state index contributed by atoms with van der Waals surface area (Å²) in [7, 11) is 2.24. The Balaban J connectivity index is 2.05. The highest BCUT2D eigenvalue weighted by molar-refractivity contribution is 7.09. The van der Waals surface area contributed by atoms with Gasteiger partial charge >= 0.3 is 0 Å². The van der Waals surface area contributed by atoms with Crippen LogP contribution in [0.15, 0.2) is 23.8 Å². The van der Waals surface area contributed by atoms with Crippen molar-refractivity contribution >= 4 is 9.47 Å². The maximum Gasteiger partial charge on any atom is 0.157 e. The van der Waals surface area contributed by atoms with Crippen LogP contribution in [-0.2, 0) is 14.0 Å². The van der Waals surface area contributed by atoms with Crippen LogP contribution in [0.25, 0.3) is 0 Å². The third-order valence-electron chi connectivity index (χ3n) is 2.92. The topological polar surface area (TPSA) is 27.7 Å². The number of ether oxygens (including phenoxy) is 2. The third kappa shape index (κ3) is 7.99. The van der Waals surface area contributed by atoms with Gasteiger partial charge in [-0.1, -0.05) is 23.8 Å². The fourth-order valence-electron chi connectivity index (χ4n) is 1.79. The van der Waals surface area contributed by atoms with Gasteiger partial charge in [0.1, 0.15) is 0 Å². The van der Waals surface area contributed by atoms with Crippen LogP contribution in [0.2, 0.25) is 0 Å². The molecule has 0 spiro atoms. The second-order valence-electron chi connectivity index (χ2n) is 4.52. The largest absolute Gasteiger partial charge is 0.362 e. The van der Waals surface area contributed by atoms with Gasteiger partial charge in [0.05, 0.1) is 13.2 Å². The van der Waals surface area contributed by atoms with E-state index in [-0.39, 0.29) is 6.29 Å². The fraction of sp³-hybridized carbons (Fsp3) is 0.714. The van der Waals surface area contributed by atoms with Gasteiger partial charge in [0.25, 0.3) is 0 Å². The first-order chi connectivity index (χ1) is 8.83. The molecule has 1 aliphatic rings. The molecule has 0 saturated carbocycles. The molecule has 1 fully saturated rings. The molecule has 18 heavy (non-hydrogen) atoms. The van der Waals surface area contributed by atoms with E-state index >= 15 is 0 Å². The zero-order valence-corrected chi connectivity index (χ0v) is 12.4. The molecule has 0 aromatic rings. The molecule has 1 heterocycles. The van der Waals surface area contributed by atoms with Gasteiger partial charge in [-0.2, -0.15) is 0 Å². The molecule has 0 bridgehead atoms. The summed E-state index contributed by atoms with van der Waals surface area (Å²) in [6, 6.07) is 0. The summed E-state index contributed by atoms with van der Waals surface area (Å²) in [5.41, 5.74) is 1.36. The minimum Gasteiger partial charge on any atom is -0.362 e. The van der Waals surface area contributed by atoms with Crippen LogP contribution < -0.4 is 0 Å². The predicted molar refractivity (Wildman–Crippen MR) is 77.3 cm³/mol. The smallest absolute Gasteiger partial charge is 0.157 e. The van der Waals surface area contributed by atoms with Crippen LogP contribution >= 0.6 is 9.47 Å². The van der Waals surface area contributed by atoms with Crippen LogP contribution in [0.4, 0.5) is 0 Å². The quantitative estimate of drug-likeness (QED) is 0.499. The van der Waals surface area contributed by atoms with Gasteiger partial charge in [-0.05, 0) is 39.0 Å². The van der Waals surface area contributed by atoms with Crippen LogP contribution in [0.1, 0.15) is 39.0 Å². The summed E-state index contributed by atoms with van der Waals surface area (Å²) in [6.45, 7) is 4.31. The molecule has 2 unspecified atom stereocenters. The average Bonchev–Trinajstić information content (AvgIpc) is 2.40. The van der Waals surface area contributed by atoms with E-state index < -0.39 is 0 Å². The Morgan fingerprint density at radius 3 is 2.94 bits per heavy atom. The molecule has 104 valence electrons. The van der Waals surface area contributed by atoms with E-state index in [0.29, 0.717) is 13.2 Å². The summed E-state index contributed by atoms with van der Waals surface area (Å²) in [4.78, 5) is 0. The highest BCUT2D eigenvalue weighted by atomic mass is 31.0. The molecular weight excluding hydrogens is 247 g/mol. The summed E-state index contributed by atoms with van der Waals surface area (Å²) < 4.78 is 16.0. The Bertz CT molecular complexity index is 258. The van der Waals surface area contributed by atoms with E-state index in [9.17, 15) is 0 Å². The van der Waals surface area contributed by atoms with Gasteiger partial charge in [0, 0.05) is 16.1 Å². The molecule has 1 aliphatic heterocycles. The normalized spacial score (nSPS) is 21.7. The number of allylic oxidation sites excluding steroid dienone is 2. The zero-order valence-electron chi connectivity index (χ0n) is 11.3. The molecule has 4 heteroatoms. The lowest BCUT2D eigenvalue weighted by atomic mass is 10.1. The molecule has 0 radical (unpaired) electrons. The number of rotatable bonds is 8. The summed E-state index contributed by atoms with van der Waals surface area (Å²) in [5, 5.41) is 0. The molecular formula is C14H25O3P. The lowest BCUT2D eigenvalue weighted by molar-refractivity contribution is -0.155. The van der Waals surface area contributed by atoms with Crippen molar-refractivity contribution in [3.8, 4) is 0 Å². The van der Waals surface area contributed by atoms with Crippen molar-refractivity contribution in [1.82, 2.24) is 0 Å². The Morgan fingerprint density at radius 1 is 1.33 bits per heavy atom. The lowest BCUT2D eigenvalue weighted by Gasteiger charge is -2.22. The molecule has 0 amide bonds. The van der Waals surface area contributed by atoms with Crippen molar-refractivity contribution in [3.05, 3.63) is 23.8 Å². The zero-order chi connectivity index (χ0) is 13.1. The van der Waals surface area contributed by atoms with Crippen molar-refractivity contribution in [2.75, 3.05) is 19.8 Å². The Labute approximate surface area is 113 Å².